The number of ether oxygens (including phenoxy) is 1. The van der Waals surface area contributed by atoms with Gasteiger partial charge in [0, 0.05) is 23.7 Å². The summed E-state index contributed by atoms with van der Waals surface area (Å²) in [5.74, 6) is -1.49. The first kappa shape index (κ1) is 32.6. The number of aromatic nitrogens is 2. The normalized spacial score (nSPS) is 17.1. The highest BCUT2D eigenvalue weighted by molar-refractivity contribution is 5.95. The molecule has 0 unspecified atom stereocenters. The lowest BCUT2D eigenvalue weighted by Gasteiger charge is -2.37. The molecule has 0 saturated heterocycles. The van der Waals surface area contributed by atoms with Crippen LogP contribution in [-0.4, -0.2) is 51.6 Å². The number of benzene rings is 2. The Hall–Kier alpha value is -4.35. The number of amides is 2. The number of carbonyl (C=O) groups is 3. The van der Waals surface area contributed by atoms with E-state index in [1.807, 2.05) is 0 Å². The Morgan fingerprint density at radius 3 is 2.16 bits per heavy atom. The van der Waals surface area contributed by atoms with Crippen LogP contribution in [0.2, 0.25) is 0 Å². The van der Waals surface area contributed by atoms with Gasteiger partial charge in [-0.25, -0.2) is 0 Å². The van der Waals surface area contributed by atoms with Gasteiger partial charge in [-0.2, -0.15) is 5.10 Å². The number of hydrogen-bond acceptors (Lipinski definition) is 5. The van der Waals surface area contributed by atoms with Gasteiger partial charge in [0.15, 0.2) is 0 Å². The Balaban J connectivity index is 1.53. The Morgan fingerprint density at radius 2 is 1.59 bits per heavy atom. The summed E-state index contributed by atoms with van der Waals surface area (Å²) < 4.78 is 43.3. The van der Waals surface area contributed by atoms with Crippen molar-refractivity contribution < 1.29 is 37.4 Å². The van der Waals surface area contributed by atoms with Crippen LogP contribution in [0.5, 0.6) is 5.75 Å². The second kappa shape index (κ2) is 13.5. The fourth-order valence-corrected chi connectivity index (χ4v) is 5.37. The van der Waals surface area contributed by atoms with E-state index in [4.69, 9.17) is 5.11 Å². The van der Waals surface area contributed by atoms with E-state index >= 15 is 0 Å². The Kier molecular flexibility index (Phi) is 10.0. The summed E-state index contributed by atoms with van der Waals surface area (Å²) in [5.41, 5.74) is 2.51. The topological polar surface area (TPSA) is 123 Å². The molecule has 0 spiro atoms. The van der Waals surface area contributed by atoms with Crippen LogP contribution in [0, 0.1) is 11.3 Å². The van der Waals surface area contributed by atoms with E-state index in [1.165, 1.54) is 28.9 Å². The summed E-state index contributed by atoms with van der Waals surface area (Å²) in [5, 5.41) is 19.1. The lowest BCUT2D eigenvalue weighted by Crippen LogP contribution is -2.40. The van der Waals surface area contributed by atoms with Crippen LogP contribution >= 0.6 is 0 Å². The van der Waals surface area contributed by atoms with Crippen LogP contribution in [0.15, 0.2) is 54.6 Å². The fraction of sp³-hybridized carbons (Fsp3) is 0.438. The number of carbonyl (C=O) groups excluding carboxylic acids is 2. The van der Waals surface area contributed by atoms with Crippen molar-refractivity contribution in [2.24, 2.45) is 11.3 Å². The van der Waals surface area contributed by atoms with Crippen molar-refractivity contribution in [1.82, 2.24) is 20.4 Å². The summed E-state index contributed by atoms with van der Waals surface area (Å²) in [6.45, 7) is 6.89. The maximum Gasteiger partial charge on any atom is 0.573 e. The number of halogens is 3. The minimum absolute atomic E-state index is 0.00557. The summed E-state index contributed by atoms with van der Waals surface area (Å²) in [6, 6.07) is 13.5. The molecule has 1 saturated carbocycles. The molecule has 1 aliphatic carbocycles. The van der Waals surface area contributed by atoms with Gasteiger partial charge in [0.1, 0.15) is 11.4 Å². The molecule has 0 radical (unpaired) electrons. The van der Waals surface area contributed by atoms with Crippen molar-refractivity contribution in [2.45, 2.75) is 71.8 Å². The Morgan fingerprint density at radius 1 is 0.955 bits per heavy atom. The van der Waals surface area contributed by atoms with Gasteiger partial charge in [0.05, 0.1) is 18.7 Å². The molecule has 4 rings (SSSR count). The molecule has 3 N–H and O–H groups in total. The van der Waals surface area contributed by atoms with Crippen molar-refractivity contribution in [3.8, 4) is 17.0 Å². The molecule has 236 valence electrons. The molecule has 0 bridgehead atoms. The highest BCUT2D eigenvalue weighted by atomic mass is 19.4. The first-order valence-corrected chi connectivity index (χ1v) is 14.5. The van der Waals surface area contributed by atoms with E-state index < -0.39 is 18.2 Å². The van der Waals surface area contributed by atoms with Crippen molar-refractivity contribution in [2.75, 3.05) is 6.54 Å². The standard InChI is InChI=1S/C32H37F3N4O5/c1-31(2,3)23-10-12-24(13-11-23)37-30(43)27-18-26(21-8-14-25(15-9-21)44-32(33,34)35)38-39(27)19-20-4-6-22(7-5-20)29(42)36-17-16-28(40)41/h4-9,14-15,18,23-24H,10-13,16-17,19H2,1-3H3,(H,36,42)(H,37,43)(H,40,41). The van der Waals surface area contributed by atoms with Crippen LogP contribution in [0.25, 0.3) is 11.3 Å². The largest absolute Gasteiger partial charge is 0.573 e. The number of carboxylic acid groups (broad SMARTS) is 1. The molecule has 2 amide bonds. The van der Waals surface area contributed by atoms with Crippen LogP contribution in [0.3, 0.4) is 0 Å². The Bertz CT molecular complexity index is 1450. The van der Waals surface area contributed by atoms with Crippen molar-refractivity contribution in [1.29, 1.82) is 0 Å². The van der Waals surface area contributed by atoms with Gasteiger partial charge in [-0.3, -0.25) is 19.1 Å². The van der Waals surface area contributed by atoms with Crippen molar-refractivity contribution >= 4 is 17.8 Å². The number of carboxylic acids is 1. The van der Waals surface area contributed by atoms with Gasteiger partial charge in [0.25, 0.3) is 11.8 Å². The minimum atomic E-state index is -4.81. The lowest BCUT2D eigenvalue weighted by atomic mass is 9.71. The number of alkyl halides is 3. The number of nitrogens with one attached hydrogen (secondary N) is 2. The molecular weight excluding hydrogens is 577 g/mol. The fourth-order valence-electron chi connectivity index (χ4n) is 5.37. The molecule has 0 atom stereocenters. The third kappa shape index (κ3) is 9.08. The number of hydrogen-bond donors (Lipinski definition) is 3. The van der Waals surface area contributed by atoms with E-state index in [2.05, 4.69) is 41.2 Å². The lowest BCUT2D eigenvalue weighted by molar-refractivity contribution is -0.274. The SMILES string of the molecule is CC(C)(C)C1CCC(NC(=O)c2cc(-c3ccc(OC(F)(F)F)cc3)nn2Cc2ccc(C(=O)NCCC(=O)O)cc2)CC1. The van der Waals surface area contributed by atoms with E-state index in [9.17, 15) is 27.6 Å². The van der Waals surface area contributed by atoms with Gasteiger partial charge >= 0.3 is 12.3 Å². The zero-order valence-corrected chi connectivity index (χ0v) is 24.9. The maximum atomic E-state index is 13.5. The second-order valence-electron chi connectivity index (χ2n) is 12.1. The number of rotatable bonds is 10. The summed E-state index contributed by atoms with van der Waals surface area (Å²) >= 11 is 0. The molecule has 0 aliphatic heterocycles. The second-order valence-corrected chi connectivity index (χ2v) is 12.1. The molecule has 44 heavy (non-hydrogen) atoms. The summed E-state index contributed by atoms with van der Waals surface area (Å²) in [6.07, 6.45) is -1.23. The maximum absolute atomic E-state index is 13.5. The van der Waals surface area contributed by atoms with E-state index in [0.717, 1.165) is 31.2 Å². The summed E-state index contributed by atoms with van der Waals surface area (Å²) in [7, 11) is 0. The molecular formula is C32H37F3N4O5. The zero-order valence-electron chi connectivity index (χ0n) is 24.9. The van der Waals surface area contributed by atoms with Gasteiger partial charge < -0.3 is 20.5 Å². The van der Waals surface area contributed by atoms with Gasteiger partial charge in [-0.15, -0.1) is 13.2 Å². The number of aliphatic carboxylic acids is 1. The van der Waals surface area contributed by atoms with E-state index in [1.54, 1.807) is 30.3 Å². The van der Waals surface area contributed by atoms with Gasteiger partial charge in [-0.1, -0.05) is 32.9 Å². The smallest absolute Gasteiger partial charge is 0.481 e. The molecule has 1 aliphatic rings. The molecule has 12 heteroatoms. The monoisotopic (exact) mass is 614 g/mol. The van der Waals surface area contributed by atoms with Crippen LogP contribution < -0.4 is 15.4 Å². The molecule has 9 nitrogen and oxygen atoms in total. The highest BCUT2D eigenvalue weighted by Gasteiger charge is 2.32. The molecule has 2 aromatic carbocycles. The van der Waals surface area contributed by atoms with E-state index in [0.29, 0.717) is 28.4 Å². The third-order valence-corrected chi connectivity index (χ3v) is 7.86. The van der Waals surface area contributed by atoms with Gasteiger partial charge in [0.2, 0.25) is 0 Å². The quantitative estimate of drug-likeness (QED) is 0.256. The van der Waals surface area contributed by atoms with E-state index in [-0.39, 0.29) is 42.6 Å². The highest BCUT2D eigenvalue weighted by Crippen LogP contribution is 2.38. The van der Waals surface area contributed by atoms with Gasteiger partial charge in [-0.05, 0) is 85.0 Å². The molecule has 1 aromatic heterocycles. The molecule has 1 fully saturated rings. The van der Waals surface area contributed by atoms with Crippen LogP contribution in [-0.2, 0) is 11.3 Å². The molecule has 1 heterocycles. The van der Waals surface area contributed by atoms with Crippen LogP contribution in [0.4, 0.5) is 13.2 Å². The average Bonchev–Trinajstić information content (AvgIpc) is 3.36. The van der Waals surface area contributed by atoms with Crippen molar-refractivity contribution in [3.63, 3.8) is 0 Å². The molecule has 3 aromatic rings. The third-order valence-electron chi connectivity index (χ3n) is 7.86. The summed E-state index contributed by atoms with van der Waals surface area (Å²) in [4.78, 5) is 36.6. The Labute approximate surface area is 253 Å². The number of nitrogens with zero attached hydrogens (tertiary/aromatic N) is 2. The average molecular weight is 615 g/mol. The zero-order chi connectivity index (χ0) is 32.1. The first-order valence-electron chi connectivity index (χ1n) is 14.5. The predicted molar refractivity (Wildman–Crippen MR) is 157 cm³/mol. The predicted octanol–water partition coefficient (Wildman–Crippen LogP) is 6.04. The first-order chi connectivity index (χ1) is 20.7. The van der Waals surface area contributed by atoms with Crippen molar-refractivity contribution in [3.05, 3.63) is 71.4 Å². The minimum Gasteiger partial charge on any atom is -0.481 e. The van der Waals surface area contributed by atoms with Crippen LogP contribution in [0.1, 0.15) is 79.3 Å².